The lowest BCUT2D eigenvalue weighted by molar-refractivity contribution is 0.251. The average molecular weight is 347 g/mol. The van der Waals surface area contributed by atoms with Gasteiger partial charge in [-0.2, -0.15) is 0 Å². The Kier molecular flexibility index (Phi) is 3.39. The number of hydrogen-bond acceptors (Lipinski definition) is 2. The summed E-state index contributed by atoms with van der Waals surface area (Å²) in [5.41, 5.74) is 3.46. The van der Waals surface area contributed by atoms with Crippen molar-refractivity contribution in [2.75, 3.05) is 11.4 Å². The van der Waals surface area contributed by atoms with E-state index in [0.717, 1.165) is 22.3 Å². The number of halogens is 2. The lowest BCUT2D eigenvalue weighted by Gasteiger charge is -2.23. The molecule has 1 aliphatic heterocycles. The molecular weight excluding hydrogens is 335 g/mol. The van der Waals surface area contributed by atoms with Crippen molar-refractivity contribution in [3.8, 4) is 0 Å². The van der Waals surface area contributed by atoms with Crippen LogP contribution < -0.4 is 10.2 Å². The number of fused-ring (bicyclic) bond motifs is 1. The summed E-state index contributed by atoms with van der Waals surface area (Å²) in [6.07, 6.45) is 1.63. The van der Waals surface area contributed by atoms with E-state index in [1.54, 1.807) is 23.4 Å². The zero-order chi connectivity index (χ0) is 16.0. The molecule has 2 aromatic carbocycles. The van der Waals surface area contributed by atoms with Crippen molar-refractivity contribution in [1.82, 2.24) is 15.3 Å². The number of aromatic amines is 1. The van der Waals surface area contributed by atoms with Gasteiger partial charge in [0.25, 0.3) is 0 Å². The molecule has 1 fully saturated rings. The molecule has 2 heterocycles. The molecule has 2 amide bonds. The number of H-pyrrole nitrogens is 1. The van der Waals surface area contributed by atoms with Gasteiger partial charge in [-0.25, -0.2) is 9.78 Å². The molecule has 1 atom stereocenters. The predicted octanol–water partition coefficient (Wildman–Crippen LogP) is 4.14. The van der Waals surface area contributed by atoms with Crippen LogP contribution in [0.5, 0.6) is 0 Å². The van der Waals surface area contributed by atoms with Crippen LogP contribution >= 0.6 is 23.2 Å². The highest BCUT2D eigenvalue weighted by molar-refractivity contribution is 6.42. The minimum Gasteiger partial charge on any atom is -0.345 e. The molecule has 0 radical (unpaired) electrons. The molecule has 0 bridgehead atoms. The van der Waals surface area contributed by atoms with Crippen LogP contribution in [0.1, 0.15) is 11.6 Å². The molecule has 5 nitrogen and oxygen atoms in total. The monoisotopic (exact) mass is 346 g/mol. The van der Waals surface area contributed by atoms with Gasteiger partial charge < -0.3 is 10.3 Å². The second-order valence-electron chi connectivity index (χ2n) is 5.35. The van der Waals surface area contributed by atoms with Gasteiger partial charge in [0.05, 0.1) is 33.4 Å². The highest BCUT2D eigenvalue weighted by Crippen LogP contribution is 2.34. The maximum atomic E-state index is 12.3. The van der Waals surface area contributed by atoms with Gasteiger partial charge >= 0.3 is 6.03 Å². The Labute approximate surface area is 142 Å². The van der Waals surface area contributed by atoms with E-state index in [0.29, 0.717) is 16.6 Å². The van der Waals surface area contributed by atoms with E-state index in [1.165, 1.54) is 0 Å². The molecule has 1 aliphatic rings. The fourth-order valence-corrected chi connectivity index (χ4v) is 3.16. The Bertz CT molecular complexity index is 908. The van der Waals surface area contributed by atoms with Crippen LogP contribution in [0.4, 0.5) is 10.5 Å². The van der Waals surface area contributed by atoms with Crippen LogP contribution in [0.2, 0.25) is 10.0 Å². The molecule has 23 heavy (non-hydrogen) atoms. The van der Waals surface area contributed by atoms with Crippen molar-refractivity contribution < 1.29 is 4.79 Å². The number of carbonyl (C=O) groups is 1. The number of anilines is 1. The van der Waals surface area contributed by atoms with Crippen molar-refractivity contribution in [3.05, 3.63) is 58.3 Å². The Morgan fingerprint density at radius 2 is 2.00 bits per heavy atom. The first kappa shape index (κ1) is 14.4. The van der Waals surface area contributed by atoms with Gasteiger partial charge in [0.15, 0.2) is 0 Å². The standard InChI is InChI=1S/C16H12Cl2N4O/c17-11-3-1-9(5-12(11)18)15-7-19-16(23)22(15)10-2-4-13-14(6-10)21-8-20-13/h1-6,8,15H,7H2,(H,19,23)(H,20,21). The molecule has 1 aromatic heterocycles. The molecule has 2 N–H and O–H groups in total. The highest BCUT2D eigenvalue weighted by Gasteiger charge is 2.33. The summed E-state index contributed by atoms with van der Waals surface area (Å²) in [5.74, 6) is 0. The number of hydrogen-bond donors (Lipinski definition) is 2. The van der Waals surface area contributed by atoms with E-state index in [-0.39, 0.29) is 12.1 Å². The van der Waals surface area contributed by atoms with Crippen LogP contribution in [-0.4, -0.2) is 22.5 Å². The van der Waals surface area contributed by atoms with E-state index >= 15 is 0 Å². The smallest absolute Gasteiger partial charge is 0.322 e. The van der Waals surface area contributed by atoms with E-state index in [2.05, 4.69) is 15.3 Å². The first-order valence-corrected chi connectivity index (χ1v) is 7.84. The van der Waals surface area contributed by atoms with Gasteiger partial charge in [-0.1, -0.05) is 29.3 Å². The minimum atomic E-state index is -0.145. The molecular formula is C16H12Cl2N4O. The SMILES string of the molecule is O=C1NCC(c2ccc(Cl)c(Cl)c2)N1c1ccc2[nH]cnc2c1. The lowest BCUT2D eigenvalue weighted by Crippen LogP contribution is -2.29. The quantitative estimate of drug-likeness (QED) is 0.732. The van der Waals surface area contributed by atoms with Gasteiger partial charge in [0.1, 0.15) is 0 Å². The van der Waals surface area contributed by atoms with Gasteiger partial charge in [-0.15, -0.1) is 0 Å². The third kappa shape index (κ3) is 2.42. The summed E-state index contributed by atoms with van der Waals surface area (Å²) in [6, 6.07) is 10.8. The van der Waals surface area contributed by atoms with Crippen molar-refractivity contribution in [2.24, 2.45) is 0 Å². The van der Waals surface area contributed by atoms with E-state index in [4.69, 9.17) is 23.2 Å². The first-order chi connectivity index (χ1) is 11.1. The number of rotatable bonds is 2. The normalized spacial score (nSPS) is 17.7. The van der Waals surface area contributed by atoms with Gasteiger partial charge in [0, 0.05) is 12.2 Å². The van der Waals surface area contributed by atoms with E-state index in [1.807, 2.05) is 24.3 Å². The van der Waals surface area contributed by atoms with E-state index in [9.17, 15) is 4.79 Å². The second kappa shape index (κ2) is 5.44. The fourth-order valence-electron chi connectivity index (χ4n) is 2.86. The summed E-state index contributed by atoms with van der Waals surface area (Å²) < 4.78 is 0. The summed E-state index contributed by atoms with van der Waals surface area (Å²) in [4.78, 5) is 21.3. The molecule has 3 aromatic rings. The van der Waals surface area contributed by atoms with Crippen LogP contribution in [0.3, 0.4) is 0 Å². The van der Waals surface area contributed by atoms with Crippen molar-refractivity contribution >= 4 is 46.0 Å². The topological polar surface area (TPSA) is 61.0 Å². The number of urea groups is 1. The molecule has 1 unspecified atom stereocenters. The van der Waals surface area contributed by atoms with Gasteiger partial charge in [0.2, 0.25) is 0 Å². The Morgan fingerprint density at radius 1 is 1.13 bits per heavy atom. The minimum absolute atomic E-state index is 0.143. The Balaban J connectivity index is 1.77. The zero-order valence-corrected chi connectivity index (χ0v) is 13.4. The van der Waals surface area contributed by atoms with Gasteiger partial charge in [-0.05, 0) is 35.9 Å². The maximum Gasteiger partial charge on any atom is 0.322 e. The molecule has 0 aliphatic carbocycles. The van der Waals surface area contributed by atoms with Crippen molar-refractivity contribution in [3.63, 3.8) is 0 Å². The average Bonchev–Trinajstić information content (AvgIpc) is 3.15. The number of imidazole rings is 1. The molecule has 7 heteroatoms. The Morgan fingerprint density at radius 3 is 2.83 bits per heavy atom. The zero-order valence-electron chi connectivity index (χ0n) is 11.9. The number of carbonyl (C=O) groups excluding carboxylic acids is 1. The number of nitrogens with zero attached hydrogens (tertiary/aromatic N) is 2. The van der Waals surface area contributed by atoms with Crippen molar-refractivity contribution in [1.29, 1.82) is 0 Å². The number of nitrogens with one attached hydrogen (secondary N) is 2. The highest BCUT2D eigenvalue weighted by atomic mass is 35.5. The molecule has 0 spiro atoms. The summed E-state index contributed by atoms with van der Waals surface area (Å²) in [7, 11) is 0. The first-order valence-electron chi connectivity index (χ1n) is 7.08. The van der Waals surface area contributed by atoms with Crippen molar-refractivity contribution in [2.45, 2.75) is 6.04 Å². The number of benzene rings is 2. The summed E-state index contributed by atoms with van der Waals surface area (Å²) in [6.45, 7) is 0.509. The number of amides is 2. The lowest BCUT2D eigenvalue weighted by atomic mass is 10.1. The predicted molar refractivity (Wildman–Crippen MR) is 91.2 cm³/mol. The second-order valence-corrected chi connectivity index (χ2v) is 6.16. The van der Waals surface area contributed by atoms with Crippen LogP contribution in [0.25, 0.3) is 11.0 Å². The molecule has 116 valence electrons. The number of aromatic nitrogens is 2. The summed E-state index contributed by atoms with van der Waals surface area (Å²) >= 11 is 12.1. The molecule has 4 rings (SSSR count). The third-order valence-electron chi connectivity index (χ3n) is 3.99. The van der Waals surface area contributed by atoms with Crippen LogP contribution in [0, 0.1) is 0 Å². The van der Waals surface area contributed by atoms with Crippen LogP contribution in [-0.2, 0) is 0 Å². The Hall–Kier alpha value is -2.24. The fraction of sp³-hybridized carbons (Fsp3) is 0.125. The van der Waals surface area contributed by atoms with Crippen LogP contribution in [0.15, 0.2) is 42.7 Å². The van der Waals surface area contributed by atoms with E-state index < -0.39 is 0 Å². The largest absolute Gasteiger partial charge is 0.345 e. The van der Waals surface area contributed by atoms with Gasteiger partial charge in [-0.3, -0.25) is 4.90 Å². The molecule has 1 saturated heterocycles. The molecule has 0 saturated carbocycles. The third-order valence-corrected chi connectivity index (χ3v) is 4.73. The summed E-state index contributed by atoms with van der Waals surface area (Å²) in [5, 5.41) is 3.85. The maximum absolute atomic E-state index is 12.3.